The van der Waals surface area contributed by atoms with E-state index in [1.807, 2.05) is 0 Å². The van der Waals surface area contributed by atoms with Crippen LogP contribution >= 0.6 is 0 Å². The van der Waals surface area contributed by atoms with Crippen molar-refractivity contribution in [2.45, 2.75) is 0 Å². The molecule has 6 heteroatoms. The van der Waals surface area contributed by atoms with Crippen molar-refractivity contribution >= 4 is 17.4 Å². The van der Waals surface area contributed by atoms with E-state index in [0.29, 0.717) is 23.0 Å². The molecule has 6 nitrogen and oxygen atoms in total. The SMILES string of the molecule is COCC(=O)Nc1cc(Oc2ccc(N)cc2)ccn1. The van der Waals surface area contributed by atoms with Gasteiger partial charge in [0.2, 0.25) is 0 Å². The Labute approximate surface area is 116 Å². The van der Waals surface area contributed by atoms with Crippen LogP contribution in [0.15, 0.2) is 42.6 Å². The second-order valence-electron chi connectivity index (χ2n) is 4.03. The summed E-state index contributed by atoms with van der Waals surface area (Å²) in [5.74, 6) is 1.35. The lowest BCUT2D eigenvalue weighted by atomic mass is 10.3. The molecule has 1 aromatic heterocycles. The number of nitrogens with one attached hydrogen (secondary N) is 1. The highest BCUT2D eigenvalue weighted by atomic mass is 16.5. The van der Waals surface area contributed by atoms with Crippen molar-refractivity contribution in [3.05, 3.63) is 42.6 Å². The number of hydrogen-bond donors (Lipinski definition) is 2. The number of pyridine rings is 1. The number of hydrogen-bond acceptors (Lipinski definition) is 5. The summed E-state index contributed by atoms with van der Waals surface area (Å²) in [6, 6.07) is 10.3. The van der Waals surface area contributed by atoms with Crippen LogP contribution in [0.4, 0.5) is 11.5 Å². The highest BCUT2D eigenvalue weighted by Crippen LogP contribution is 2.23. The van der Waals surface area contributed by atoms with Gasteiger partial charge in [-0.05, 0) is 30.3 Å². The van der Waals surface area contributed by atoms with Gasteiger partial charge < -0.3 is 20.5 Å². The van der Waals surface area contributed by atoms with Gasteiger partial charge >= 0.3 is 0 Å². The number of nitrogens with two attached hydrogens (primary N) is 1. The Morgan fingerprint density at radius 1 is 1.25 bits per heavy atom. The van der Waals surface area contributed by atoms with Gasteiger partial charge in [0.1, 0.15) is 23.9 Å². The van der Waals surface area contributed by atoms with E-state index in [9.17, 15) is 4.79 Å². The van der Waals surface area contributed by atoms with Crippen LogP contribution in [0.25, 0.3) is 0 Å². The summed E-state index contributed by atoms with van der Waals surface area (Å²) >= 11 is 0. The van der Waals surface area contributed by atoms with Gasteiger partial charge in [-0.25, -0.2) is 4.98 Å². The molecule has 1 amide bonds. The molecule has 0 fully saturated rings. The Bertz CT molecular complexity index is 584. The van der Waals surface area contributed by atoms with Crippen molar-refractivity contribution in [3.63, 3.8) is 0 Å². The number of nitrogens with zero attached hydrogens (tertiary/aromatic N) is 1. The minimum absolute atomic E-state index is 0.0231. The van der Waals surface area contributed by atoms with Gasteiger partial charge in [-0.3, -0.25) is 4.79 Å². The molecule has 0 radical (unpaired) electrons. The average molecular weight is 273 g/mol. The second kappa shape index (κ2) is 6.53. The monoisotopic (exact) mass is 273 g/mol. The minimum atomic E-state index is -0.273. The van der Waals surface area contributed by atoms with Gasteiger partial charge in [-0.1, -0.05) is 0 Å². The lowest BCUT2D eigenvalue weighted by molar-refractivity contribution is -0.119. The molecule has 0 bridgehead atoms. The van der Waals surface area contributed by atoms with Gasteiger partial charge in [0, 0.05) is 25.1 Å². The van der Waals surface area contributed by atoms with Crippen LogP contribution in [-0.4, -0.2) is 24.6 Å². The van der Waals surface area contributed by atoms with Gasteiger partial charge in [-0.2, -0.15) is 0 Å². The lowest BCUT2D eigenvalue weighted by Crippen LogP contribution is -2.17. The fourth-order valence-corrected chi connectivity index (χ4v) is 1.52. The van der Waals surface area contributed by atoms with Crippen LogP contribution in [0.3, 0.4) is 0 Å². The van der Waals surface area contributed by atoms with E-state index in [1.165, 1.54) is 7.11 Å². The van der Waals surface area contributed by atoms with E-state index >= 15 is 0 Å². The van der Waals surface area contributed by atoms with Crippen LogP contribution in [0.2, 0.25) is 0 Å². The topological polar surface area (TPSA) is 86.5 Å². The summed E-state index contributed by atoms with van der Waals surface area (Å²) in [5, 5.41) is 2.60. The number of aromatic nitrogens is 1. The quantitative estimate of drug-likeness (QED) is 0.814. The Hall–Kier alpha value is -2.60. The van der Waals surface area contributed by atoms with Crippen LogP contribution in [0, 0.1) is 0 Å². The van der Waals surface area contributed by atoms with E-state index in [4.69, 9.17) is 15.2 Å². The minimum Gasteiger partial charge on any atom is -0.457 e. The summed E-state index contributed by atoms with van der Waals surface area (Å²) < 4.78 is 10.4. The predicted octanol–water partition coefficient (Wildman–Crippen LogP) is 2.04. The van der Waals surface area contributed by atoms with E-state index in [2.05, 4.69) is 10.3 Å². The Morgan fingerprint density at radius 3 is 2.70 bits per heavy atom. The third-order valence-electron chi connectivity index (χ3n) is 2.39. The Kier molecular flexibility index (Phi) is 4.52. The number of nitrogen functional groups attached to an aromatic ring is 1. The van der Waals surface area contributed by atoms with Crippen molar-refractivity contribution in [2.24, 2.45) is 0 Å². The molecular formula is C14H15N3O3. The van der Waals surface area contributed by atoms with Crippen LogP contribution in [-0.2, 0) is 9.53 Å². The largest absolute Gasteiger partial charge is 0.457 e. The number of benzene rings is 1. The van der Waals surface area contributed by atoms with Crippen molar-refractivity contribution in [1.29, 1.82) is 0 Å². The molecule has 2 rings (SSSR count). The number of ether oxygens (including phenoxy) is 2. The number of anilines is 2. The molecule has 0 saturated carbocycles. The molecule has 2 aromatic rings. The van der Waals surface area contributed by atoms with E-state index < -0.39 is 0 Å². The molecule has 0 atom stereocenters. The molecule has 0 aliphatic rings. The maximum absolute atomic E-state index is 11.4. The third-order valence-corrected chi connectivity index (χ3v) is 2.39. The molecule has 0 unspecified atom stereocenters. The number of carbonyl (C=O) groups is 1. The van der Waals surface area contributed by atoms with Gasteiger partial charge in [0.15, 0.2) is 0 Å². The van der Waals surface area contributed by atoms with Gasteiger partial charge in [-0.15, -0.1) is 0 Å². The maximum Gasteiger partial charge on any atom is 0.251 e. The molecular weight excluding hydrogens is 258 g/mol. The predicted molar refractivity (Wildman–Crippen MR) is 75.7 cm³/mol. The molecule has 1 aromatic carbocycles. The van der Waals surface area contributed by atoms with Crippen molar-refractivity contribution < 1.29 is 14.3 Å². The van der Waals surface area contributed by atoms with E-state index in [1.54, 1.807) is 42.6 Å². The van der Waals surface area contributed by atoms with Crippen LogP contribution in [0.5, 0.6) is 11.5 Å². The Balaban J connectivity index is 2.05. The summed E-state index contributed by atoms with van der Waals surface area (Å²) in [4.78, 5) is 15.4. The first-order chi connectivity index (χ1) is 9.67. The third kappa shape index (κ3) is 3.96. The molecule has 0 saturated heterocycles. The summed E-state index contributed by atoms with van der Waals surface area (Å²) in [5.41, 5.74) is 6.27. The number of carbonyl (C=O) groups excluding carboxylic acids is 1. The lowest BCUT2D eigenvalue weighted by Gasteiger charge is -2.08. The van der Waals surface area contributed by atoms with Crippen LogP contribution < -0.4 is 15.8 Å². The summed E-state index contributed by atoms with van der Waals surface area (Å²) in [7, 11) is 1.45. The van der Waals surface area contributed by atoms with E-state index in [-0.39, 0.29) is 12.5 Å². The second-order valence-corrected chi connectivity index (χ2v) is 4.03. The van der Waals surface area contributed by atoms with Gasteiger partial charge in [0.25, 0.3) is 5.91 Å². The first kappa shape index (κ1) is 13.8. The molecule has 104 valence electrons. The zero-order valence-electron chi connectivity index (χ0n) is 11.0. The number of methoxy groups -OCH3 is 1. The molecule has 3 N–H and O–H groups in total. The molecule has 20 heavy (non-hydrogen) atoms. The number of rotatable bonds is 5. The van der Waals surface area contributed by atoms with E-state index in [0.717, 1.165) is 0 Å². The van der Waals surface area contributed by atoms with Crippen molar-refractivity contribution in [1.82, 2.24) is 4.98 Å². The summed E-state index contributed by atoms with van der Waals surface area (Å²) in [6.45, 7) is -0.0231. The number of amides is 1. The fourth-order valence-electron chi connectivity index (χ4n) is 1.52. The zero-order valence-corrected chi connectivity index (χ0v) is 11.0. The molecule has 0 spiro atoms. The highest BCUT2D eigenvalue weighted by molar-refractivity contribution is 5.90. The average Bonchev–Trinajstić information content (AvgIpc) is 2.42. The first-order valence-electron chi connectivity index (χ1n) is 5.95. The fraction of sp³-hybridized carbons (Fsp3) is 0.143. The first-order valence-corrected chi connectivity index (χ1v) is 5.95. The maximum atomic E-state index is 11.4. The standard InChI is InChI=1S/C14H15N3O3/c1-19-9-14(18)17-13-8-12(6-7-16-13)20-11-4-2-10(15)3-5-11/h2-8H,9,15H2,1H3,(H,16,17,18). The molecule has 1 heterocycles. The van der Waals surface area contributed by atoms with Crippen LogP contribution in [0.1, 0.15) is 0 Å². The molecule has 0 aliphatic carbocycles. The zero-order chi connectivity index (χ0) is 14.4. The Morgan fingerprint density at radius 2 is 2.00 bits per heavy atom. The normalized spacial score (nSPS) is 10.1. The highest BCUT2D eigenvalue weighted by Gasteiger charge is 2.04. The van der Waals surface area contributed by atoms with Crippen molar-refractivity contribution in [2.75, 3.05) is 24.8 Å². The van der Waals surface area contributed by atoms with Crippen molar-refractivity contribution in [3.8, 4) is 11.5 Å². The molecule has 0 aliphatic heterocycles. The van der Waals surface area contributed by atoms with Gasteiger partial charge in [0.05, 0.1) is 0 Å². The smallest absolute Gasteiger partial charge is 0.251 e. The summed E-state index contributed by atoms with van der Waals surface area (Å²) in [6.07, 6.45) is 1.55.